The molecule has 3 heterocycles. The van der Waals surface area contributed by atoms with Gasteiger partial charge in [0, 0.05) is 29.8 Å². The summed E-state index contributed by atoms with van der Waals surface area (Å²) in [5.74, 6) is -0.201. The number of aryl methyl sites for hydroxylation is 3. The molecule has 4 rings (SSSR count). The van der Waals surface area contributed by atoms with Crippen molar-refractivity contribution < 1.29 is 9.32 Å². The first-order chi connectivity index (χ1) is 11.5. The Morgan fingerprint density at radius 2 is 2.08 bits per heavy atom. The Morgan fingerprint density at radius 3 is 2.92 bits per heavy atom. The van der Waals surface area contributed by atoms with E-state index >= 15 is 0 Å². The number of carbonyl (C=O) groups excluding carboxylic acids is 1. The Labute approximate surface area is 138 Å². The van der Waals surface area contributed by atoms with Crippen LogP contribution in [0.25, 0.3) is 22.0 Å². The number of aromatic nitrogens is 3. The Balaban J connectivity index is 1.81. The van der Waals surface area contributed by atoms with Crippen molar-refractivity contribution in [3.8, 4) is 0 Å². The normalized spacial score (nSPS) is 11.3. The lowest BCUT2D eigenvalue weighted by molar-refractivity contribution is 0.102. The summed E-state index contributed by atoms with van der Waals surface area (Å²) in [5.41, 5.74) is 4.10. The van der Waals surface area contributed by atoms with Crippen LogP contribution < -0.4 is 5.32 Å². The van der Waals surface area contributed by atoms with Gasteiger partial charge in [-0.2, -0.15) is 0 Å². The Morgan fingerprint density at radius 1 is 1.25 bits per heavy atom. The number of anilines is 1. The van der Waals surface area contributed by atoms with Gasteiger partial charge in [-0.3, -0.25) is 4.79 Å². The summed E-state index contributed by atoms with van der Waals surface area (Å²) in [6.07, 6.45) is 1.97. The van der Waals surface area contributed by atoms with Crippen molar-refractivity contribution in [3.05, 3.63) is 53.5 Å². The molecular weight excluding hydrogens is 304 g/mol. The summed E-state index contributed by atoms with van der Waals surface area (Å²) in [5, 5.41) is 8.57. The van der Waals surface area contributed by atoms with Crippen LogP contribution >= 0.6 is 0 Å². The van der Waals surface area contributed by atoms with Crippen LogP contribution in [0.3, 0.4) is 0 Å². The highest BCUT2D eigenvalue weighted by atomic mass is 16.5. The standard InChI is InChI=1S/C18H16N4O2/c1-10-9-13(16-11(2)21-24-18(16)19-10)17(23)20-14-5-4-6-15-12(14)7-8-22(15)3/h4-9H,1-3H3,(H,20,23). The van der Waals surface area contributed by atoms with E-state index in [2.05, 4.69) is 15.5 Å². The Kier molecular flexibility index (Phi) is 3.13. The maximum Gasteiger partial charge on any atom is 0.258 e. The van der Waals surface area contributed by atoms with Crippen molar-refractivity contribution in [2.75, 3.05) is 5.32 Å². The maximum absolute atomic E-state index is 12.9. The number of nitrogens with one attached hydrogen (secondary N) is 1. The third-order valence-electron chi connectivity index (χ3n) is 4.17. The number of benzene rings is 1. The molecule has 0 aliphatic rings. The molecule has 0 spiro atoms. The van der Waals surface area contributed by atoms with Crippen LogP contribution in [0.5, 0.6) is 0 Å². The second-order valence-electron chi connectivity index (χ2n) is 5.88. The topological polar surface area (TPSA) is 73.0 Å². The zero-order valence-electron chi connectivity index (χ0n) is 13.6. The highest BCUT2D eigenvalue weighted by molar-refractivity contribution is 6.14. The molecule has 0 fully saturated rings. The minimum atomic E-state index is -0.201. The van der Waals surface area contributed by atoms with Gasteiger partial charge >= 0.3 is 0 Å². The SMILES string of the molecule is Cc1cc(C(=O)Nc2cccc3c2ccn3C)c2c(C)noc2n1. The van der Waals surface area contributed by atoms with E-state index in [0.717, 1.165) is 16.6 Å². The molecule has 0 saturated carbocycles. The van der Waals surface area contributed by atoms with Crippen LogP contribution in [-0.2, 0) is 7.05 Å². The van der Waals surface area contributed by atoms with Gasteiger partial charge in [-0.1, -0.05) is 11.2 Å². The predicted octanol–water partition coefficient (Wildman–Crippen LogP) is 3.58. The fraction of sp³-hybridized carbons (Fsp3) is 0.167. The molecule has 4 aromatic rings. The summed E-state index contributed by atoms with van der Waals surface area (Å²) in [7, 11) is 1.98. The smallest absolute Gasteiger partial charge is 0.258 e. The molecule has 3 aromatic heterocycles. The molecule has 24 heavy (non-hydrogen) atoms. The molecule has 0 aliphatic heterocycles. The van der Waals surface area contributed by atoms with Gasteiger partial charge in [0.25, 0.3) is 11.6 Å². The first-order valence-corrected chi connectivity index (χ1v) is 7.63. The van der Waals surface area contributed by atoms with E-state index in [-0.39, 0.29) is 5.91 Å². The highest BCUT2D eigenvalue weighted by Gasteiger charge is 2.18. The average molecular weight is 320 g/mol. The number of fused-ring (bicyclic) bond motifs is 2. The van der Waals surface area contributed by atoms with Gasteiger partial charge in [-0.15, -0.1) is 0 Å². The van der Waals surface area contributed by atoms with Gasteiger partial charge < -0.3 is 14.4 Å². The number of carbonyl (C=O) groups is 1. The zero-order chi connectivity index (χ0) is 16.8. The molecule has 0 bridgehead atoms. The molecule has 6 nitrogen and oxygen atoms in total. The third kappa shape index (κ3) is 2.15. The van der Waals surface area contributed by atoms with Gasteiger partial charge in [0.2, 0.25) is 0 Å². The van der Waals surface area contributed by atoms with Crippen LogP contribution in [0.2, 0.25) is 0 Å². The number of hydrogen-bond donors (Lipinski definition) is 1. The molecule has 6 heteroatoms. The third-order valence-corrected chi connectivity index (χ3v) is 4.17. The summed E-state index contributed by atoms with van der Waals surface area (Å²) >= 11 is 0. The fourth-order valence-corrected chi connectivity index (χ4v) is 3.00. The molecule has 0 unspecified atom stereocenters. The molecule has 1 amide bonds. The van der Waals surface area contributed by atoms with E-state index in [4.69, 9.17) is 4.52 Å². The lowest BCUT2D eigenvalue weighted by Crippen LogP contribution is -2.13. The van der Waals surface area contributed by atoms with Crippen LogP contribution in [-0.4, -0.2) is 20.6 Å². The van der Waals surface area contributed by atoms with Crippen molar-refractivity contribution in [1.29, 1.82) is 0 Å². The Bertz CT molecular complexity index is 1090. The van der Waals surface area contributed by atoms with Crippen molar-refractivity contribution >= 4 is 33.6 Å². The number of rotatable bonds is 2. The predicted molar refractivity (Wildman–Crippen MR) is 92.2 cm³/mol. The lowest BCUT2D eigenvalue weighted by atomic mass is 10.1. The Hall–Kier alpha value is -3.15. The number of pyridine rings is 1. The van der Waals surface area contributed by atoms with Crippen LogP contribution in [0.15, 0.2) is 41.1 Å². The molecule has 0 aliphatic carbocycles. The van der Waals surface area contributed by atoms with Crippen molar-refractivity contribution in [2.24, 2.45) is 7.05 Å². The van der Waals surface area contributed by atoms with Gasteiger partial charge in [-0.25, -0.2) is 4.98 Å². The minimum Gasteiger partial charge on any atom is -0.350 e. The second kappa shape index (κ2) is 5.19. The molecule has 1 N–H and O–H groups in total. The van der Waals surface area contributed by atoms with Crippen molar-refractivity contribution in [3.63, 3.8) is 0 Å². The van der Waals surface area contributed by atoms with Crippen LogP contribution in [0.4, 0.5) is 5.69 Å². The molecule has 120 valence electrons. The van der Waals surface area contributed by atoms with Crippen LogP contribution in [0.1, 0.15) is 21.7 Å². The highest BCUT2D eigenvalue weighted by Crippen LogP contribution is 2.26. The lowest BCUT2D eigenvalue weighted by Gasteiger charge is -2.08. The number of hydrogen-bond acceptors (Lipinski definition) is 4. The molecule has 1 aromatic carbocycles. The van der Waals surface area contributed by atoms with E-state index < -0.39 is 0 Å². The van der Waals surface area contributed by atoms with Gasteiger partial charge in [0.05, 0.1) is 22.3 Å². The summed E-state index contributed by atoms with van der Waals surface area (Å²) in [4.78, 5) is 17.2. The quantitative estimate of drug-likeness (QED) is 0.612. The minimum absolute atomic E-state index is 0.201. The maximum atomic E-state index is 12.9. The van der Waals surface area contributed by atoms with E-state index in [1.165, 1.54) is 0 Å². The van der Waals surface area contributed by atoms with Crippen molar-refractivity contribution in [1.82, 2.24) is 14.7 Å². The monoisotopic (exact) mass is 320 g/mol. The van der Waals surface area contributed by atoms with Gasteiger partial charge in [0.1, 0.15) is 0 Å². The average Bonchev–Trinajstić information content (AvgIpc) is 3.11. The summed E-state index contributed by atoms with van der Waals surface area (Å²) in [6, 6.07) is 9.59. The number of nitrogens with zero attached hydrogens (tertiary/aromatic N) is 3. The molecule has 0 atom stereocenters. The largest absolute Gasteiger partial charge is 0.350 e. The van der Waals surface area contributed by atoms with E-state index in [0.29, 0.717) is 28.1 Å². The first kappa shape index (κ1) is 14.4. The fourth-order valence-electron chi connectivity index (χ4n) is 3.00. The van der Waals surface area contributed by atoms with Gasteiger partial charge in [0.15, 0.2) is 0 Å². The van der Waals surface area contributed by atoms with E-state index in [1.54, 1.807) is 13.0 Å². The second-order valence-corrected chi connectivity index (χ2v) is 5.88. The summed E-state index contributed by atoms with van der Waals surface area (Å²) in [6.45, 7) is 3.63. The van der Waals surface area contributed by atoms with Crippen LogP contribution in [0, 0.1) is 13.8 Å². The summed E-state index contributed by atoms with van der Waals surface area (Å²) < 4.78 is 7.22. The van der Waals surface area contributed by atoms with Gasteiger partial charge in [-0.05, 0) is 38.1 Å². The van der Waals surface area contributed by atoms with Crippen molar-refractivity contribution in [2.45, 2.75) is 13.8 Å². The van der Waals surface area contributed by atoms with E-state index in [9.17, 15) is 4.79 Å². The first-order valence-electron chi connectivity index (χ1n) is 7.63. The van der Waals surface area contributed by atoms with E-state index in [1.807, 2.05) is 49.0 Å². The zero-order valence-corrected chi connectivity index (χ0v) is 13.6. The molecule has 0 radical (unpaired) electrons. The molecular formula is C18H16N4O2. The number of amides is 1. The molecule has 0 saturated heterocycles.